The lowest BCUT2D eigenvalue weighted by atomic mass is 10.1. The van der Waals surface area contributed by atoms with Gasteiger partial charge in [0.05, 0.1) is 11.7 Å². The normalized spacial score (nSPS) is 11.9. The number of para-hydroxylation sites is 1. The Labute approximate surface area is 162 Å². The molecule has 0 atom stereocenters. The maximum atomic E-state index is 9.81. The van der Waals surface area contributed by atoms with Gasteiger partial charge in [-0.2, -0.15) is 10.1 Å². The molecular formula is C21H22N6O. The van der Waals surface area contributed by atoms with Crippen LogP contribution in [0.25, 0.3) is 22.1 Å². The maximum absolute atomic E-state index is 9.81. The average Bonchev–Trinajstić information content (AvgIpc) is 2.95. The number of nitrogens with one attached hydrogen (secondary N) is 1. The first kappa shape index (κ1) is 17.9. The molecule has 0 unspecified atom stereocenters. The fourth-order valence-electron chi connectivity index (χ4n) is 3.22. The number of aromatic nitrogens is 4. The Morgan fingerprint density at radius 2 is 2.00 bits per heavy atom. The van der Waals surface area contributed by atoms with Crippen molar-refractivity contribution in [2.45, 2.75) is 27.3 Å². The van der Waals surface area contributed by atoms with Crippen LogP contribution in [-0.4, -0.2) is 31.1 Å². The van der Waals surface area contributed by atoms with E-state index in [0.29, 0.717) is 17.4 Å². The second-order valence-corrected chi connectivity index (χ2v) is 7.26. The highest BCUT2D eigenvalue weighted by atomic mass is 16.3. The van der Waals surface area contributed by atoms with Gasteiger partial charge in [0.1, 0.15) is 11.3 Å². The number of hydrogen-bond acceptors (Lipinski definition) is 6. The zero-order chi connectivity index (χ0) is 19.7. The van der Waals surface area contributed by atoms with Crippen LogP contribution in [-0.2, 0) is 6.54 Å². The van der Waals surface area contributed by atoms with E-state index < -0.39 is 0 Å². The lowest BCUT2D eigenvalue weighted by molar-refractivity contribution is 0.474. The van der Waals surface area contributed by atoms with Crippen molar-refractivity contribution in [2.75, 3.05) is 5.43 Å². The van der Waals surface area contributed by atoms with Gasteiger partial charge < -0.3 is 9.67 Å². The number of hydrazone groups is 1. The van der Waals surface area contributed by atoms with Gasteiger partial charge in [-0.25, -0.2) is 5.43 Å². The van der Waals surface area contributed by atoms with Gasteiger partial charge in [0.2, 0.25) is 0 Å². The van der Waals surface area contributed by atoms with Crippen molar-refractivity contribution in [3.05, 3.63) is 53.6 Å². The number of hydrogen-bond donors (Lipinski definition) is 2. The Balaban J connectivity index is 1.73. The smallest absolute Gasteiger partial charge is 0.265 e. The number of phenols is 1. The van der Waals surface area contributed by atoms with Crippen molar-refractivity contribution in [3.8, 4) is 5.75 Å². The standard InChI is InChI=1S/C21H22N6O/c1-13(2)12-27-17-9-8-14(3)10-16(17)19-20(27)23-21(26-24-19)25-22-11-15-6-4-5-7-18(15)28/h4-11,13,28H,12H2,1-3H3,(H,23,25,26)/b22-11+. The number of anilines is 1. The van der Waals surface area contributed by atoms with E-state index in [-0.39, 0.29) is 5.75 Å². The van der Waals surface area contributed by atoms with Crippen molar-refractivity contribution in [2.24, 2.45) is 11.0 Å². The number of aromatic hydroxyl groups is 1. The summed E-state index contributed by atoms with van der Waals surface area (Å²) in [6, 6.07) is 13.3. The molecule has 0 aliphatic rings. The molecule has 2 N–H and O–H groups in total. The minimum Gasteiger partial charge on any atom is -0.507 e. The SMILES string of the molecule is Cc1ccc2c(c1)c1nnc(N/N=C/c3ccccc3O)nc1n2CC(C)C. The van der Waals surface area contributed by atoms with Crippen LogP contribution in [0.1, 0.15) is 25.0 Å². The fourth-order valence-corrected chi connectivity index (χ4v) is 3.22. The molecule has 2 aromatic heterocycles. The van der Waals surface area contributed by atoms with Gasteiger partial charge in [0, 0.05) is 17.5 Å². The number of rotatable bonds is 5. The molecule has 142 valence electrons. The van der Waals surface area contributed by atoms with Crippen LogP contribution in [0, 0.1) is 12.8 Å². The van der Waals surface area contributed by atoms with Gasteiger partial charge in [0.15, 0.2) is 5.65 Å². The van der Waals surface area contributed by atoms with Gasteiger partial charge in [-0.05, 0) is 37.1 Å². The largest absolute Gasteiger partial charge is 0.507 e. The predicted octanol–water partition coefficient (Wildman–Crippen LogP) is 4.10. The Bertz CT molecular complexity index is 1180. The van der Waals surface area contributed by atoms with E-state index in [9.17, 15) is 5.11 Å². The van der Waals surface area contributed by atoms with Crippen LogP contribution in [0.2, 0.25) is 0 Å². The Kier molecular flexibility index (Phi) is 4.65. The number of nitrogens with zero attached hydrogens (tertiary/aromatic N) is 5. The molecule has 0 bridgehead atoms. The van der Waals surface area contributed by atoms with Crippen LogP contribution in [0.3, 0.4) is 0 Å². The van der Waals surface area contributed by atoms with E-state index in [4.69, 9.17) is 0 Å². The first-order valence-electron chi connectivity index (χ1n) is 9.23. The van der Waals surface area contributed by atoms with Crippen molar-refractivity contribution in [3.63, 3.8) is 0 Å². The fraction of sp³-hybridized carbons (Fsp3) is 0.238. The monoisotopic (exact) mass is 374 g/mol. The minimum absolute atomic E-state index is 0.162. The summed E-state index contributed by atoms with van der Waals surface area (Å²) in [5.41, 5.74) is 7.26. The summed E-state index contributed by atoms with van der Waals surface area (Å²) in [6.07, 6.45) is 1.52. The summed E-state index contributed by atoms with van der Waals surface area (Å²) >= 11 is 0. The molecule has 0 fully saturated rings. The molecular weight excluding hydrogens is 352 g/mol. The van der Waals surface area contributed by atoms with Crippen molar-refractivity contribution >= 4 is 34.2 Å². The molecule has 0 amide bonds. The molecule has 4 rings (SSSR count). The average molecular weight is 374 g/mol. The van der Waals surface area contributed by atoms with E-state index in [1.54, 1.807) is 18.2 Å². The van der Waals surface area contributed by atoms with Crippen LogP contribution in [0.5, 0.6) is 5.75 Å². The quantitative estimate of drug-likeness (QED) is 0.406. The predicted molar refractivity (Wildman–Crippen MR) is 112 cm³/mol. The molecule has 0 spiro atoms. The van der Waals surface area contributed by atoms with Crippen molar-refractivity contribution < 1.29 is 5.11 Å². The third-order valence-electron chi connectivity index (χ3n) is 4.47. The summed E-state index contributed by atoms with van der Waals surface area (Å²) in [7, 11) is 0. The molecule has 28 heavy (non-hydrogen) atoms. The second kappa shape index (κ2) is 7.26. The van der Waals surface area contributed by atoms with Gasteiger partial charge in [-0.15, -0.1) is 10.2 Å². The molecule has 2 heterocycles. The van der Waals surface area contributed by atoms with Gasteiger partial charge >= 0.3 is 0 Å². The zero-order valence-electron chi connectivity index (χ0n) is 16.1. The van der Waals surface area contributed by atoms with Gasteiger partial charge in [0.25, 0.3) is 5.95 Å². The first-order valence-corrected chi connectivity index (χ1v) is 9.23. The highest BCUT2D eigenvalue weighted by Crippen LogP contribution is 2.28. The summed E-state index contributed by atoms with van der Waals surface area (Å²) in [4.78, 5) is 4.65. The summed E-state index contributed by atoms with van der Waals surface area (Å²) in [5, 5.41) is 23.6. The lowest BCUT2D eigenvalue weighted by Crippen LogP contribution is -2.06. The van der Waals surface area contributed by atoms with E-state index >= 15 is 0 Å². The molecule has 7 nitrogen and oxygen atoms in total. The molecule has 0 saturated heterocycles. The van der Waals surface area contributed by atoms with Crippen LogP contribution >= 0.6 is 0 Å². The molecule has 4 aromatic rings. The summed E-state index contributed by atoms with van der Waals surface area (Å²) in [5.74, 6) is 0.934. The molecule has 0 radical (unpaired) electrons. The Morgan fingerprint density at radius 3 is 2.79 bits per heavy atom. The van der Waals surface area contributed by atoms with E-state index in [1.165, 1.54) is 11.8 Å². The third-order valence-corrected chi connectivity index (χ3v) is 4.47. The summed E-state index contributed by atoms with van der Waals surface area (Å²) in [6.45, 7) is 7.25. The second-order valence-electron chi connectivity index (χ2n) is 7.26. The molecule has 0 saturated carbocycles. The minimum atomic E-state index is 0.162. The lowest BCUT2D eigenvalue weighted by Gasteiger charge is -2.09. The Hall–Kier alpha value is -3.48. The van der Waals surface area contributed by atoms with E-state index in [1.807, 2.05) is 6.07 Å². The number of fused-ring (bicyclic) bond motifs is 3. The third kappa shape index (κ3) is 3.38. The molecule has 7 heteroatoms. The number of phenolic OH excluding ortho intramolecular Hbond substituents is 1. The van der Waals surface area contributed by atoms with Crippen molar-refractivity contribution in [1.82, 2.24) is 19.7 Å². The maximum Gasteiger partial charge on any atom is 0.265 e. The summed E-state index contributed by atoms with van der Waals surface area (Å²) < 4.78 is 2.18. The van der Waals surface area contributed by atoms with Crippen LogP contribution < -0.4 is 5.43 Å². The molecule has 0 aliphatic carbocycles. The number of aryl methyl sites for hydroxylation is 1. The van der Waals surface area contributed by atoms with E-state index in [2.05, 4.69) is 69.2 Å². The highest BCUT2D eigenvalue weighted by Gasteiger charge is 2.15. The molecule has 0 aliphatic heterocycles. The van der Waals surface area contributed by atoms with E-state index in [0.717, 1.165) is 28.6 Å². The van der Waals surface area contributed by atoms with Crippen LogP contribution in [0.15, 0.2) is 47.6 Å². The molecule has 2 aromatic carbocycles. The van der Waals surface area contributed by atoms with Gasteiger partial charge in [-0.1, -0.05) is 37.6 Å². The first-order chi connectivity index (χ1) is 13.5. The number of benzene rings is 2. The van der Waals surface area contributed by atoms with Gasteiger partial charge in [-0.3, -0.25) is 0 Å². The van der Waals surface area contributed by atoms with Crippen molar-refractivity contribution in [1.29, 1.82) is 0 Å². The Morgan fingerprint density at radius 1 is 1.18 bits per heavy atom. The topological polar surface area (TPSA) is 88.2 Å². The van der Waals surface area contributed by atoms with Crippen LogP contribution in [0.4, 0.5) is 5.95 Å². The highest BCUT2D eigenvalue weighted by molar-refractivity contribution is 6.04. The zero-order valence-corrected chi connectivity index (χ0v) is 16.1.